The van der Waals surface area contributed by atoms with E-state index in [1.165, 1.54) is 0 Å². The zero-order valence-electron chi connectivity index (χ0n) is 9.55. The molecule has 4 nitrogen and oxygen atoms in total. The zero-order chi connectivity index (χ0) is 14.8. The first-order chi connectivity index (χ1) is 8.58. The molecule has 2 rings (SSSR count). The van der Waals surface area contributed by atoms with Crippen LogP contribution in [-0.2, 0) is 20.6 Å². The Morgan fingerprint density at radius 1 is 1.21 bits per heavy atom. The molecule has 0 saturated carbocycles. The second-order valence-electron chi connectivity index (χ2n) is 3.71. The third-order valence-electron chi connectivity index (χ3n) is 2.24. The van der Waals surface area contributed by atoms with Gasteiger partial charge in [-0.05, 0) is 57.8 Å². The molecular formula is C10H8Cl4NO3P. The van der Waals surface area contributed by atoms with Gasteiger partial charge in [0.15, 0.2) is 0 Å². The summed E-state index contributed by atoms with van der Waals surface area (Å²) in [6.07, 6.45) is 0.166. The maximum Gasteiger partial charge on any atom is 0.339 e. The Morgan fingerprint density at radius 3 is 2.26 bits per heavy atom. The molecule has 1 aliphatic heterocycles. The van der Waals surface area contributed by atoms with E-state index >= 15 is 0 Å². The highest BCUT2D eigenvalue weighted by molar-refractivity contribution is 8.24. The summed E-state index contributed by atoms with van der Waals surface area (Å²) in [6.45, 7) is 1.86. The number of hydrogen-bond donors (Lipinski definition) is 1. The third-order valence-corrected chi connectivity index (χ3v) is 2.64. The van der Waals surface area contributed by atoms with Gasteiger partial charge < -0.3 is 5.32 Å². The average Bonchev–Trinajstić information content (AvgIpc) is 2.21. The molecular weight excluding hydrogens is 355 g/mol. The van der Waals surface area contributed by atoms with Crippen LogP contribution in [0.3, 0.4) is 0 Å². The summed E-state index contributed by atoms with van der Waals surface area (Å²) in [5, 5.41) is -0.122. The van der Waals surface area contributed by atoms with Crippen LogP contribution in [0, 0.1) is 6.92 Å². The van der Waals surface area contributed by atoms with E-state index in [1.807, 2.05) is 13.0 Å². The van der Waals surface area contributed by atoms with Crippen molar-refractivity contribution in [2.45, 2.75) is 13.3 Å². The van der Waals surface area contributed by atoms with Crippen molar-refractivity contribution in [2.75, 3.05) is 5.32 Å². The van der Waals surface area contributed by atoms with Gasteiger partial charge in [0, 0.05) is 17.1 Å². The monoisotopic (exact) mass is 361 g/mol. The molecule has 0 atom stereocenters. The smallest absolute Gasteiger partial charge is 0.319 e. The molecule has 0 fully saturated rings. The molecule has 1 N–H and O–H groups in total. The van der Waals surface area contributed by atoms with Gasteiger partial charge in [0.05, 0.1) is 0 Å². The Labute approximate surface area is 129 Å². The average molecular weight is 363 g/mol. The normalized spacial score (nSPS) is 14.2. The quantitative estimate of drug-likeness (QED) is 0.545. The Hall–Kier alpha value is -0.250. The molecule has 0 bridgehead atoms. The fourth-order valence-electron chi connectivity index (χ4n) is 1.45. The highest BCUT2D eigenvalue weighted by Gasteiger charge is 2.23. The number of fused-ring (bicyclic) bond motifs is 1. The molecule has 9 heteroatoms. The maximum atomic E-state index is 11.1. The molecule has 0 aromatic heterocycles. The predicted octanol–water partition coefficient (Wildman–Crippen LogP) is 4.52. The van der Waals surface area contributed by atoms with Gasteiger partial charge in [0.1, 0.15) is 0 Å². The van der Waals surface area contributed by atoms with Crippen molar-refractivity contribution in [1.82, 2.24) is 0 Å². The van der Waals surface area contributed by atoms with Crippen LogP contribution in [0.15, 0.2) is 12.1 Å². The molecule has 0 saturated heterocycles. The number of ketones is 1. The van der Waals surface area contributed by atoms with Crippen molar-refractivity contribution in [3.8, 4) is 0 Å². The standard InChI is InChI=1S/C10H8ClNO2.Cl3OP/c1-5-2-6-3-9(13)10(14)12-8(6)4-7(5)11;1-5(2,3)4/h2,4H,3H2,1H3,(H,12,14);. The molecule has 0 aliphatic carbocycles. The van der Waals surface area contributed by atoms with Gasteiger partial charge in [-0.2, -0.15) is 0 Å². The predicted molar refractivity (Wildman–Crippen MR) is 78.7 cm³/mol. The number of rotatable bonds is 0. The van der Waals surface area contributed by atoms with Gasteiger partial charge in [-0.1, -0.05) is 17.7 Å². The lowest BCUT2D eigenvalue weighted by atomic mass is 10.00. The fourth-order valence-corrected chi connectivity index (χ4v) is 1.61. The van der Waals surface area contributed by atoms with Crippen LogP contribution in [0.4, 0.5) is 5.69 Å². The molecule has 0 unspecified atom stereocenters. The van der Waals surface area contributed by atoms with Crippen molar-refractivity contribution in [1.29, 1.82) is 0 Å². The Bertz CT molecular complexity index is 535. The van der Waals surface area contributed by atoms with E-state index < -0.39 is 16.9 Å². The minimum absolute atomic E-state index is 0.166. The topological polar surface area (TPSA) is 63.2 Å². The second-order valence-corrected chi connectivity index (χ2v) is 10.8. The Kier molecular flexibility index (Phi) is 5.72. The molecule has 1 aliphatic rings. The van der Waals surface area contributed by atoms with Gasteiger partial charge >= 0.3 is 5.20 Å². The minimum atomic E-state index is -3.22. The number of hydrogen-bond acceptors (Lipinski definition) is 3. The van der Waals surface area contributed by atoms with Crippen molar-refractivity contribution in [3.63, 3.8) is 0 Å². The Morgan fingerprint density at radius 2 is 1.74 bits per heavy atom. The van der Waals surface area contributed by atoms with Crippen LogP contribution in [0.1, 0.15) is 11.1 Å². The molecule has 1 aromatic carbocycles. The van der Waals surface area contributed by atoms with Crippen LogP contribution in [0.2, 0.25) is 5.02 Å². The number of halogens is 4. The summed E-state index contributed by atoms with van der Waals surface area (Å²) >= 11 is 19.7. The highest BCUT2D eigenvalue weighted by Crippen LogP contribution is 2.61. The van der Waals surface area contributed by atoms with E-state index in [0.29, 0.717) is 10.7 Å². The number of nitrogens with one attached hydrogen (secondary N) is 1. The van der Waals surface area contributed by atoms with E-state index in [1.54, 1.807) is 6.07 Å². The van der Waals surface area contributed by atoms with Gasteiger partial charge in [-0.3, -0.25) is 14.2 Å². The highest BCUT2D eigenvalue weighted by atomic mass is 36.0. The first-order valence-electron chi connectivity index (χ1n) is 4.90. The van der Waals surface area contributed by atoms with Crippen LogP contribution in [0.25, 0.3) is 0 Å². The number of amides is 1. The molecule has 1 amide bonds. The van der Waals surface area contributed by atoms with Crippen LogP contribution < -0.4 is 5.32 Å². The molecule has 0 spiro atoms. The van der Waals surface area contributed by atoms with Crippen LogP contribution in [0.5, 0.6) is 0 Å². The van der Waals surface area contributed by atoms with Gasteiger partial charge in [-0.15, -0.1) is 0 Å². The molecule has 0 radical (unpaired) electrons. The molecule has 104 valence electrons. The summed E-state index contributed by atoms with van der Waals surface area (Å²) < 4.78 is 9.51. The fraction of sp³-hybridized carbons (Fsp3) is 0.200. The van der Waals surface area contributed by atoms with Crippen LogP contribution >= 0.6 is 50.5 Å². The third kappa shape index (κ3) is 5.72. The minimum Gasteiger partial charge on any atom is -0.319 e. The van der Waals surface area contributed by atoms with Gasteiger partial charge in [-0.25, -0.2) is 0 Å². The number of benzene rings is 1. The summed E-state index contributed by atoms with van der Waals surface area (Å²) in [5.41, 5.74) is 2.39. The largest absolute Gasteiger partial charge is 0.339 e. The zero-order valence-corrected chi connectivity index (χ0v) is 13.5. The van der Waals surface area contributed by atoms with Gasteiger partial charge in [0.25, 0.3) is 5.91 Å². The number of carbonyl (C=O) groups is 2. The first-order valence-corrected chi connectivity index (χ1v) is 9.70. The van der Waals surface area contributed by atoms with E-state index in [-0.39, 0.29) is 6.42 Å². The SMILES string of the molecule is Cc1cc2c(cc1Cl)NC(=O)C(=O)C2.O=P(Cl)(Cl)Cl. The van der Waals surface area contributed by atoms with Crippen molar-refractivity contribution in [3.05, 3.63) is 28.3 Å². The van der Waals surface area contributed by atoms with E-state index in [0.717, 1.165) is 11.1 Å². The van der Waals surface area contributed by atoms with E-state index in [2.05, 4.69) is 39.0 Å². The lowest BCUT2D eigenvalue weighted by Gasteiger charge is -2.16. The summed E-state index contributed by atoms with van der Waals surface area (Å²) in [6, 6.07) is 3.51. The number of anilines is 1. The number of Topliss-reactive ketones (excluding diaryl/α,β-unsaturated/α-hetero) is 1. The van der Waals surface area contributed by atoms with E-state index in [4.69, 9.17) is 11.6 Å². The van der Waals surface area contributed by atoms with E-state index in [9.17, 15) is 14.2 Å². The molecule has 1 aromatic rings. The summed E-state index contributed by atoms with van der Waals surface area (Å²) in [4.78, 5) is 22.2. The number of aryl methyl sites for hydroxylation is 1. The molecule has 19 heavy (non-hydrogen) atoms. The van der Waals surface area contributed by atoms with Crippen LogP contribution in [-0.4, -0.2) is 11.7 Å². The Balaban J connectivity index is 0.000000312. The lowest BCUT2D eigenvalue weighted by molar-refractivity contribution is -0.134. The summed E-state index contributed by atoms with van der Waals surface area (Å²) in [5.74, 6) is -0.961. The van der Waals surface area contributed by atoms with Crippen molar-refractivity contribution < 1.29 is 14.2 Å². The first kappa shape index (κ1) is 16.8. The summed E-state index contributed by atoms with van der Waals surface area (Å²) in [7, 11) is 0. The lowest BCUT2D eigenvalue weighted by Crippen LogP contribution is -2.29. The molecule has 1 heterocycles. The van der Waals surface area contributed by atoms with Crippen molar-refractivity contribution >= 4 is 67.9 Å². The maximum absolute atomic E-state index is 11.1. The second kappa shape index (κ2) is 6.47. The van der Waals surface area contributed by atoms with Gasteiger partial charge in [0.2, 0.25) is 5.78 Å². The van der Waals surface area contributed by atoms with Crippen molar-refractivity contribution in [2.24, 2.45) is 0 Å². The number of carbonyl (C=O) groups excluding carboxylic acids is 2.